The predicted octanol–water partition coefficient (Wildman–Crippen LogP) is 1.86. The normalized spacial score (nSPS) is 8.62. The number of hydrogen-bond donors (Lipinski definition) is 0. The van der Waals surface area contributed by atoms with E-state index in [-0.39, 0.29) is 12.1 Å². The fraction of sp³-hybridized carbons (Fsp3) is 0.111. The van der Waals surface area contributed by atoms with Crippen molar-refractivity contribution in [1.29, 1.82) is 5.26 Å². The van der Waals surface area contributed by atoms with Crippen LogP contribution < -0.4 is 0 Å². The van der Waals surface area contributed by atoms with Crippen LogP contribution in [0.1, 0.15) is 5.56 Å². The van der Waals surface area contributed by atoms with Gasteiger partial charge in [0.1, 0.15) is 11.5 Å². The summed E-state index contributed by atoms with van der Waals surface area (Å²) < 4.78 is 13.0. The van der Waals surface area contributed by atoms with Crippen molar-refractivity contribution in [2.24, 2.45) is 4.99 Å². The van der Waals surface area contributed by atoms with Gasteiger partial charge in [-0.3, -0.25) is 0 Å². The Bertz CT molecular complexity index is 403. The summed E-state index contributed by atoms with van der Waals surface area (Å²) in [6.07, 6.45) is 1.39. The molecule has 0 aromatic heterocycles. The molecular formula is C9H5FN2O. The second kappa shape index (κ2) is 4.15. The van der Waals surface area contributed by atoms with E-state index in [2.05, 4.69) is 4.99 Å². The number of aliphatic imine (C=N–C) groups is 1. The first-order chi connectivity index (χ1) is 6.27. The number of carbonyl (C=O) groups excluding carboxylic acids is 1. The van der Waals surface area contributed by atoms with Crippen molar-refractivity contribution in [3.63, 3.8) is 0 Å². The molecule has 0 heterocycles. The van der Waals surface area contributed by atoms with E-state index in [1.807, 2.05) is 6.07 Å². The molecule has 0 aliphatic rings. The number of nitrogens with zero attached hydrogens (tertiary/aromatic N) is 2. The molecule has 0 unspecified atom stereocenters. The molecule has 0 fully saturated rings. The molecule has 3 nitrogen and oxygen atoms in total. The van der Waals surface area contributed by atoms with Gasteiger partial charge in [0, 0.05) is 0 Å². The third kappa shape index (κ3) is 2.22. The van der Waals surface area contributed by atoms with Crippen LogP contribution in [0.15, 0.2) is 23.2 Å². The average Bonchev–Trinajstić information content (AvgIpc) is 2.10. The maximum absolute atomic E-state index is 13.0. The molecule has 4 heteroatoms. The zero-order chi connectivity index (χ0) is 9.68. The van der Waals surface area contributed by atoms with Gasteiger partial charge in [-0.05, 0) is 17.7 Å². The van der Waals surface area contributed by atoms with Gasteiger partial charge in [-0.25, -0.2) is 9.18 Å². The minimum atomic E-state index is -0.615. The quantitative estimate of drug-likeness (QED) is 0.510. The van der Waals surface area contributed by atoms with Crippen LogP contribution in [0.5, 0.6) is 0 Å². The second-order valence-electron chi connectivity index (χ2n) is 2.32. The number of rotatable bonds is 2. The topological polar surface area (TPSA) is 53.2 Å². The van der Waals surface area contributed by atoms with Crippen molar-refractivity contribution in [3.8, 4) is 6.07 Å². The number of hydrogen-bond acceptors (Lipinski definition) is 3. The lowest BCUT2D eigenvalue weighted by atomic mass is 10.1. The molecule has 1 rings (SSSR count). The van der Waals surface area contributed by atoms with E-state index in [0.717, 1.165) is 0 Å². The summed E-state index contributed by atoms with van der Waals surface area (Å²) in [5.41, 5.74) is 0.501. The second-order valence-corrected chi connectivity index (χ2v) is 2.32. The summed E-state index contributed by atoms with van der Waals surface area (Å²) in [7, 11) is 0. The molecule has 0 aliphatic heterocycles. The molecule has 0 amide bonds. The van der Waals surface area contributed by atoms with Gasteiger partial charge in [0.15, 0.2) is 0 Å². The minimum Gasteiger partial charge on any atom is -0.211 e. The van der Waals surface area contributed by atoms with Crippen molar-refractivity contribution in [3.05, 3.63) is 29.6 Å². The van der Waals surface area contributed by atoms with Gasteiger partial charge in [0.05, 0.1) is 12.5 Å². The molecule has 13 heavy (non-hydrogen) atoms. The zero-order valence-corrected chi connectivity index (χ0v) is 6.62. The SMILES string of the molecule is N#CCc1ccc(N=C=O)c(F)c1. The fourth-order valence-corrected chi connectivity index (χ4v) is 0.891. The molecule has 64 valence electrons. The van der Waals surface area contributed by atoms with Crippen LogP contribution in [-0.2, 0) is 11.2 Å². The van der Waals surface area contributed by atoms with Crippen molar-refractivity contribution in [2.75, 3.05) is 0 Å². The summed E-state index contributed by atoms with van der Waals surface area (Å²) in [6, 6.07) is 5.95. The first-order valence-corrected chi connectivity index (χ1v) is 3.51. The summed E-state index contributed by atoms with van der Waals surface area (Å²) in [4.78, 5) is 13.0. The summed E-state index contributed by atoms with van der Waals surface area (Å²) in [5.74, 6) is -0.615. The molecule has 0 bridgehead atoms. The van der Waals surface area contributed by atoms with E-state index in [4.69, 9.17) is 5.26 Å². The number of benzene rings is 1. The predicted molar refractivity (Wildman–Crippen MR) is 43.5 cm³/mol. The monoisotopic (exact) mass is 176 g/mol. The van der Waals surface area contributed by atoms with Gasteiger partial charge >= 0.3 is 0 Å². The molecule has 0 atom stereocenters. The van der Waals surface area contributed by atoms with Crippen LogP contribution in [0.25, 0.3) is 0 Å². The van der Waals surface area contributed by atoms with Gasteiger partial charge in [-0.15, -0.1) is 0 Å². The third-order valence-electron chi connectivity index (χ3n) is 1.46. The lowest BCUT2D eigenvalue weighted by molar-refractivity contribution is 0.564. The van der Waals surface area contributed by atoms with Crippen molar-refractivity contribution in [1.82, 2.24) is 0 Å². The zero-order valence-electron chi connectivity index (χ0n) is 6.62. The Morgan fingerprint density at radius 1 is 1.54 bits per heavy atom. The maximum Gasteiger partial charge on any atom is 0.240 e. The van der Waals surface area contributed by atoms with Gasteiger partial charge in [0.25, 0.3) is 0 Å². The van der Waals surface area contributed by atoms with Crippen LogP contribution >= 0.6 is 0 Å². The highest BCUT2D eigenvalue weighted by atomic mass is 19.1. The molecule has 0 spiro atoms. The average molecular weight is 176 g/mol. The Hall–Kier alpha value is -1.98. The first kappa shape index (κ1) is 9.11. The summed E-state index contributed by atoms with van der Waals surface area (Å²) >= 11 is 0. The highest BCUT2D eigenvalue weighted by molar-refractivity contribution is 5.50. The first-order valence-electron chi connectivity index (χ1n) is 3.51. The molecule has 0 saturated heterocycles. The van der Waals surface area contributed by atoms with Crippen molar-refractivity contribution in [2.45, 2.75) is 6.42 Å². The van der Waals surface area contributed by atoms with E-state index in [1.165, 1.54) is 18.2 Å². The Morgan fingerprint density at radius 3 is 2.85 bits per heavy atom. The maximum atomic E-state index is 13.0. The molecule has 0 N–H and O–H groups in total. The van der Waals surface area contributed by atoms with Crippen LogP contribution in [0.2, 0.25) is 0 Å². The fourth-order valence-electron chi connectivity index (χ4n) is 0.891. The van der Waals surface area contributed by atoms with Gasteiger partial charge in [0.2, 0.25) is 6.08 Å². The van der Waals surface area contributed by atoms with E-state index in [0.29, 0.717) is 5.56 Å². The number of nitriles is 1. The molecule has 0 aliphatic carbocycles. The molecule has 0 saturated carbocycles. The van der Waals surface area contributed by atoms with E-state index >= 15 is 0 Å². The lowest BCUT2D eigenvalue weighted by Crippen LogP contribution is -1.83. The van der Waals surface area contributed by atoms with E-state index in [1.54, 1.807) is 6.07 Å². The Labute approximate surface area is 74.1 Å². The minimum absolute atomic E-state index is 0.0586. The van der Waals surface area contributed by atoms with Crippen molar-refractivity contribution >= 4 is 11.8 Å². The van der Waals surface area contributed by atoms with Gasteiger partial charge in [-0.1, -0.05) is 6.07 Å². The smallest absolute Gasteiger partial charge is 0.211 e. The summed E-state index contributed by atoms with van der Waals surface area (Å²) in [5, 5.41) is 8.33. The van der Waals surface area contributed by atoms with Crippen LogP contribution in [0, 0.1) is 17.1 Å². The van der Waals surface area contributed by atoms with E-state index < -0.39 is 5.82 Å². The van der Waals surface area contributed by atoms with Crippen LogP contribution in [0.3, 0.4) is 0 Å². The Morgan fingerprint density at radius 2 is 2.31 bits per heavy atom. The third-order valence-corrected chi connectivity index (χ3v) is 1.46. The van der Waals surface area contributed by atoms with E-state index in [9.17, 15) is 9.18 Å². The van der Waals surface area contributed by atoms with Gasteiger partial charge < -0.3 is 0 Å². The lowest BCUT2D eigenvalue weighted by Gasteiger charge is -1.96. The van der Waals surface area contributed by atoms with Crippen molar-refractivity contribution < 1.29 is 9.18 Å². The molecular weight excluding hydrogens is 171 g/mol. The standard InChI is InChI=1S/C9H5FN2O/c10-8-5-7(3-4-11)1-2-9(8)12-6-13/h1-2,5H,3H2. The van der Waals surface area contributed by atoms with Crippen LogP contribution in [-0.4, -0.2) is 6.08 Å². The number of isocyanates is 1. The molecule has 0 radical (unpaired) electrons. The number of halogens is 1. The molecule has 1 aromatic rings. The van der Waals surface area contributed by atoms with Crippen LogP contribution in [0.4, 0.5) is 10.1 Å². The largest absolute Gasteiger partial charge is 0.240 e. The highest BCUT2D eigenvalue weighted by Crippen LogP contribution is 2.18. The molecule has 1 aromatic carbocycles. The van der Waals surface area contributed by atoms with Gasteiger partial charge in [-0.2, -0.15) is 10.3 Å². The Balaban J connectivity index is 3.06. The summed E-state index contributed by atoms with van der Waals surface area (Å²) in [6.45, 7) is 0. The highest BCUT2D eigenvalue weighted by Gasteiger charge is 2.01. The Kier molecular flexibility index (Phi) is 2.91.